The molecule has 2 aromatic heterocycles. The Morgan fingerprint density at radius 3 is 2.56 bits per heavy atom. The number of carboxylic acid groups (broad SMARTS) is 1. The molecule has 0 bridgehead atoms. The fraction of sp³-hybridized carbons (Fsp3) is 0.148. The van der Waals surface area contributed by atoms with Gasteiger partial charge < -0.3 is 14.6 Å². The van der Waals surface area contributed by atoms with E-state index in [-0.39, 0.29) is 11.6 Å². The van der Waals surface area contributed by atoms with Crippen molar-refractivity contribution in [2.24, 2.45) is 5.10 Å². The number of nitrogens with zero attached hydrogens (tertiary/aromatic N) is 3. The Kier molecular flexibility index (Phi) is 6.46. The number of hydrazone groups is 1. The highest BCUT2D eigenvalue weighted by Crippen LogP contribution is 2.44. The SMILES string of the molecule is COc1ccc(N2N=C(c3cc4sc(/C=C(/C#N)C(=O)O)cc4s3)CC2c2ccccc2)c(OC)c1. The molecule has 1 aliphatic heterocycles. The number of carbonyl (C=O) groups is 1. The Bertz CT molecular complexity index is 1510. The van der Waals surface area contributed by atoms with E-state index in [1.54, 1.807) is 31.6 Å². The first-order valence-electron chi connectivity index (χ1n) is 11.0. The number of methoxy groups -OCH3 is 2. The maximum Gasteiger partial charge on any atom is 0.346 e. The first-order chi connectivity index (χ1) is 17.5. The van der Waals surface area contributed by atoms with E-state index in [2.05, 4.69) is 18.2 Å². The van der Waals surface area contributed by atoms with Gasteiger partial charge in [0.05, 0.1) is 30.9 Å². The molecule has 1 aliphatic rings. The topological polar surface area (TPSA) is 95.2 Å². The highest BCUT2D eigenvalue weighted by atomic mass is 32.1. The minimum atomic E-state index is -1.23. The summed E-state index contributed by atoms with van der Waals surface area (Å²) in [6.45, 7) is 0. The third-order valence-corrected chi connectivity index (χ3v) is 8.17. The van der Waals surface area contributed by atoms with Crippen molar-refractivity contribution in [2.75, 3.05) is 19.2 Å². The number of benzene rings is 2. The summed E-state index contributed by atoms with van der Waals surface area (Å²) >= 11 is 3.07. The van der Waals surface area contributed by atoms with Gasteiger partial charge in [0.1, 0.15) is 28.8 Å². The summed E-state index contributed by atoms with van der Waals surface area (Å²) in [5.74, 6) is 0.160. The quantitative estimate of drug-likeness (QED) is 0.228. The van der Waals surface area contributed by atoms with Gasteiger partial charge in [0.15, 0.2) is 0 Å². The molecule has 3 heterocycles. The summed E-state index contributed by atoms with van der Waals surface area (Å²) < 4.78 is 13.1. The number of carboxylic acids is 1. The van der Waals surface area contributed by atoms with Gasteiger partial charge in [-0.2, -0.15) is 10.4 Å². The van der Waals surface area contributed by atoms with Crippen LogP contribution < -0.4 is 14.5 Å². The minimum absolute atomic E-state index is 0.00382. The predicted octanol–water partition coefficient (Wildman–Crippen LogP) is 6.33. The van der Waals surface area contributed by atoms with E-state index in [1.165, 1.54) is 17.4 Å². The average molecular weight is 516 g/mol. The fourth-order valence-electron chi connectivity index (χ4n) is 4.14. The third-order valence-electron chi connectivity index (χ3n) is 5.88. The zero-order valence-corrected chi connectivity index (χ0v) is 21.1. The third kappa shape index (κ3) is 4.44. The largest absolute Gasteiger partial charge is 0.497 e. The summed E-state index contributed by atoms with van der Waals surface area (Å²) in [6.07, 6.45) is 2.13. The van der Waals surface area contributed by atoms with Gasteiger partial charge in [-0.3, -0.25) is 5.01 Å². The van der Waals surface area contributed by atoms with E-state index >= 15 is 0 Å². The Balaban J connectivity index is 1.53. The van der Waals surface area contributed by atoms with Crippen molar-refractivity contribution in [2.45, 2.75) is 12.5 Å². The predicted molar refractivity (Wildman–Crippen MR) is 143 cm³/mol. The van der Waals surface area contributed by atoms with Crippen molar-refractivity contribution >= 4 is 55.5 Å². The lowest BCUT2D eigenvalue weighted by molar-refractivity contribution is -0.132. The van der Waals surface area contributed by atoms with Crippen LogP contribution in [-0.4, -0.2) is 31.0 Å². The molecule has 0 spiro atoms. The van der Waals surface area contributed by atoms with Crippen LogP contribution in [0.1, 0.15) is 27.8 Å². The molecule has 4 aromatic rings. The van der Waals surface area contributed by atoms with Crippen molar-refractivity contribution in [3.8, 4) is 17.6 Å². The number of ether oxygens (including phenoxy) is 2. The molecule has 1 atom stereocenters. The molecule has 0 saturated carbocycles. The zero-order valence-electron chi connectivity index (χ0n) is 19.5. The lowest BCUT2D eigenvalue weighted by Crippen LogP contribution is -2.19. The van der Waals surface area contributed by atoms with Crippen molar-refractivity contribution in [1.29, 1.82) is 5.26 Å². The van der Waals surface area contributed by atoms with Crippen LogP contribution in [0.4, 0.5) is 5.69 Å². The van der Waals surface area contributed by atoms with Gasteiger partial charge in [0.2, 0.25) is 0 Å². The number of hydrogen-bond acceptors (Lipinski definition) is 8. The molecule has 1 unspecified atom stereocenters. The van der Waals surface area contributed by atoms with Gasteiger partial charge in [-0.25, -0.2) is 4.79 Å². The molecule has 0 fully saturated rings. The number of nitriles is 1. The van der Waals surface area contributed by atoms with Gasteiger partial charge in [-0.05, 0) is 35.9 Å². The molecule has 0 aliphatic carbocycles. The highest BCUT2D eigenvalue weighted by Gasteiger charge is 2.32. The fourth-order valence-corrected chi connectivity index (χ4v) is 6.49. The molecule has 2 aromatic carbocycles. The molecule has 0 amide bonds. The Hall–Kier alpha value is -4.13. The van der Waals surface area contributed by atoms with Gasteiger partial charge in [0.25, 0.3) is 0 Å². The molecule has 0 saturated heterocycles. The van der Waals surface area contributed by atoms with E-state index in [4.69, 9.17) is 24.9 Å². The second-order valence-corrected chi connectivity index (χ2v) is 10.2. The van der Waals surface area contributed by atoms with Crippen molar-refractivity contribution in [3.05, 3.63) is 81.6 Å². The van der Waals surface area contributed by atoms with Gasteiger partial charge in [-0.1, -0.05) is 30.3 Å². The molecule has 7 nitrogen and oxygen atoms in total. The van der Waals surface area contributed by atoms with Gasteiger partial charge >= 0.3 is 5.97 Å². The summed E-state index contributed by atoms with van der Waals surface area (Å²) in [7, 11) is 3.26. The average Bonchev–Trinajstić information content (AvgIpc) is 3.60. The van der Waals surface area contributed by atoms with E-state index in [9.17, 15) is 4.79 Å². The standard InChI is InChI=1S/C27H21N3O4S2/c1-33-18-8-9-21(23(11-18)34-2)30-22(16-6-4-3-5-7-16)13-20(29-30)24-14-26-25(36-24)12-19(35-26)10-17(15-28)27(31)32/h3-12,14,22H,13H2,1-2H3,(H,31,32)/b17-10-. The smallest absolute Gasteiger partial charge is 0.346 e. The number of thiophene rings is 2. The maximum absolute atomic E-state index is 11.2. The highest BCUT2D eigenvalue weighted by molar-refractivity contribution is 7.29. The Labute approximate surface area is 215 Å². The molecule has 36 heavy (non-hydrogen) atoms. The minimum Gasteiger partial charge on any atom is -0.497 e. The number of anilines is 1. The van der Waals surface area contributed by atoms with E-state index in [0.717, 1.165) is 42.5 Å². The Morgan fingerprint density at radius 1 is 1.11 bits per heavy atom. The first-order valence-corrected chi connectivity index (χ1v) is 12.7. The molecule has 180 valence electrons. The van der Waals surface area contributed by atoms with E-state index in [0.29, 0.717) is 11.5 Å². The first kappa shape index (κ1) is 23.6. The number of fused-ring (bicyclic) bond motifs is 1. The van der Waals surface area contributed by atoms with Gasteiger partial charge in [-0.15, -0.1) is 22.7 Å². The normalized spacial score (nSPS) is 15.6. The number of rotatable bonds is 7. The van der Waals surface area contributed by atoms with Gasteiger partial charge in [0, 0.05) is 26.8 Å². The van der Waals surface area contributed by atoms with Crippen LogP contribution in [0.3, 0.4) is 0 Å². The van der Waals surface area contributed by atoms with Crippen LogP contribution in [0.2, 0.25) is 0 Å². The maximum atomic E-state index is 11.2. The Morgan fingerprint density at radius 2 is 1.89 bits per heavy atom. The van der Waals surface area contributed by atoms with E-state index in [1.807, 2.05) is 47.5 Å². The van der Waals surface area contributed by atoms with Crippen molar-refractivity contribution < 1.29 is 19.4 Å². The molecule has 5 rings (SSSR count). The molecule has 0 radical (unpaired) electrons. The molecular weight excluding hydrogens is 494 g/mol. The monoisotopic (exact) mass is 515 g/mol. The van der Waals surface area contributed by atoms with Crippen LogP contribution in [-0.2, 0) is 4.79 Å². The lowest BCUT2D eigenvalue weighted by Gasteiger charge is -2.25. The van der Waals surface area contributed by atoms with E-state index < -0.39 is 5.97 Å². The number of hydrogen-bond donors (Lipinski definition) is 1. The zero-order chi connectivity index (χ0) is 25.2. The summed E-state index contributed by atoms with van der Waals surface area (Å²) in [5.41, 5.74) is 2.69. The van der Waals surface area contributed by atoms with Crippen LogP contribution in [0.5, 0.6) is 11.5 Å². The second-order valence-electron chi connectivity index (χ2n) is 8.02. The number of aliphatic carboxylic acids is 1. The van der Waals surface area contributed by atoms with Crippen molar-refractivity contribution in [3.63, 3.8) is 0 Å². The van der Waals surface area contributed by atoms with Crippen LogP contribution in [0.15, 0.2) is 71.3 Å². The molecule has 9 heteroatoms. The summed E-state index contributed by atoms with van der Waals surface area (Å²) in [5, 5.41) is 25.2. The van der Waals surface area contributed by atoms with Crippen LogP contribution in [0, 0.1) is 11.3 Å². The van der Waals surface area contributed by atoms with Crippen molar-refractivity contribution in [1.82, 2.24) is 0 Å². The summed E-state index contributed by atoms with van der Waals surface area (Å²) in [6, 6.07) is 21.7. The van der Waals surface area contributed by atoms with Crippen LogP contribution >= 0.6 is 22.7 Å². The second kappa shape index (κ2) is 9.85. The molecule has 1 N–H and O–H groups in total. The summed E-state index contributed by atoms with van der Waals surface area (Å²) in [4.78, 5) is 13.0. The lowest BCUT2D eigenvalue weighted by atomic mass is 10.0. The van der Waals surface area contributed by atoms with Crippen LogP contribution in [0.25, 0.3) is 15.5 Å². The molecular formula is C27H21N3O4S2.